The van der Waals surface area contributed by atoms with E-state index in [1.807, 2.05) is 19.1 Å². The number of hydrogen-bond acceptors (Lipinski definition) is 4. The van der Waals surface area contributed by atoms with Gasteiger partial charge in [0.2, 0.25) is 0 Å². The van der Waals surface area contributed by atoms with E-state index < -0.39 is 24.8 Å². The van der Waals surface area contributed by atoms with Crippen LogP contribution in [-0.2, 0) is 6.54 Å². The molecule has 2 aromatic carbocycles. The SMILES string of the molecule is C[C@@H]1CN(C(=O)c2ccc(OCC(F)(F)F)cc2Cl)c2ccccc2CN1C(=O)N1CC[C@@H](O)C1. The first-order valence-corrected chi connectivity index (χ1v) is 11.5. The number of carbonyl (C=O) groups is 2. The van der Waals surface area contributed by atoms with E-state index in [4.69, 9.17) is 16.3 Å². The molecule has 1 saturated heterocycles. The Labute approximate surface area is 205 Å². The van der Waals surface area contributed by atoms with E-state index in [1.54, 1.807) is 21.9 Å². The lowest BCUT2D eigenvalue weighted by molar-refractivity contribution is -0.153. The summed E-state index contributed by atoms with van der Waals surface area (Å²) < 4.78 is 42.1. The van der Waals surface area contributed by atoms with Crippen molar-refractivity contribution >= 4 is 29.2 Å². The van der Waals surface area contributed by atoms with E-state index in [1.165, 1.54) is 23.1 Å². The maximum absolute atomic E-state index is 13.6. The lowest BCUT2D eigenvalue weighted by Gasteiger charge is -2.32. The van der Waals surface area contributed by atoms with Crippen LogP contribution in [0.5, 0.6) is 5.75 Å². The van der Waals surface area contributed by atoms with Crippen LogP contribution in [0, 0.1) is 0 Å². The molecule has 188 valence electrons. The highest BCUT2D eigenvalue weighted by Gasteiger charge is 2.36. The number of aliphatic hydroxyl groups is 1. The molecule has 1 fully saturated rings. The summed E-state index contributed by atoms with van der Waals surface area (Å²) in [7, 11) is 0. The summed E-state index contributed by atoms with van der Waals surface area (Å²) in [6.07, 6.45) is -4.52. The van der Waals surface area contributed by atoms with Gasteiger partial charge < -0.3 is 24.5 Å². The van der Waals surface area contributed by atoms with Crippen LogP contribution < -0.4 is 9.64 Å². The molecule has 3 amide bonds. The summed E-state index contributed by atoms with van der Waals surface area (Å²) in [5, 5.41) is 9.80. The topological polar surface area (TPSA) is 73.3 Å². The largest absolute Gasteiger partial charge is 0.484 e. The molecule has 1 N–H and O–H groups in total. The maximum Gasteiger partial charge on any atom is 0.422 e. The van der Waals surface area contributed by atoms with Gasteiger partial charge in [-0.3, -0.25) is 4.79 Å². The number of urea groups is 1. The number of para-hydroxylation sites is 1. The molecule has 0 aromatic heterocycles. The number of rotatable bonds is 3. The fourth-order valence-electron chi connectivity index (χ4n) is 4.32. The van der Waals surface area contributed by atoms with Gasteiger partial charge in [0.1, 0.15) is 5.75 Å². The lowest BCUT2D eigenvalue weighted by Crippen LogP contribution is -2.49. The fourth-order valence-corrected chi connectivity index (χ4v) is 4.58. The molecule has 0 radical (unpaired) electrons. The number of ether oxygens (including phenoxy) is 1. The molecule has 0 spiro atoms. The number of β-amino-alcohol motifs (C(OH)–C–C–N with tert-alkyl or cyclic N) is 1. The fraction of sp³-hybridized carbons (Fsp3) is 0.417. The Balaban J connectivity index is 1.59. The summed E-state index contributed by atoms with van der Waals surface area (Å²) >= 11 is 6.27. The lowest BCUT2D eigenvalue weighted by atomic mass is 10.1. The average molecular weight is 512 g/mol. The van der Waals surface area contributed by atoms with E-state index >= 15 is 0 Å². The van der Waals surface area contributed by atoms with Gasteiger partial charge in [-0.1, -0.05) is 29.8 Å². The summed E-state index contributed by atoms with van der Waals surface area (Å²) in [6.45, 7) is 1.57. The van der Waals surface area contributed by atoms with Gasteiger partial charge in [0, 0.05) is 37.9 Å². The maximum atomic E-state index is 13.6. The Hall–Kier alpha value is -2.98. The van der Waals surface area contributed by atoms with Crippen LogP contribution in [0.25, 0.3) is 0 Å². The van der Waals surface area contributed by atoms with Crippen molar-refractivity contribution in [2.24, 2.45) is 0 Å². The molecular formula is C24H25ClF3N3O4. The monoisotopic (exact) mass is 511 g/mol. The highest BCUT2D eigenvalue weighted by Crippen LogP contribution is 2.32. The van der Waals surface area contributed by atoms with Gasteiger partial charge in [0.05, 0.1) is 16.7 Å². The van der Waals surface area contributed by atoms with Crippen molar-refractivity contribution in [3.05, 3.63) is 58.6 Å². The van der Waals surface area contributed by atoms with Crippen LogP contribution in [0.15, 0.2) is 42.5 Å². The van der Waals surface area contributed by atoms with Gasteiger partial charge in [0.25, 0.3) is 5.91 Å². The van der Waals surface area contributed by atoms with Gasteiger partial charge in [0.15, 0.2) is 6.61 Å². The molecule has 2 aliphatic heterocycles. The third-order valence-electron chi connectivity index (χ3n) is 6.10. The minimum absolute atomic E-state index is 0.0388. The molecule has 0 saturated carbocycles. The number of aliphatic hydroxyl groups excluding tert-OH is 1. The Bertz CT molecular complexity index is 1110. The first kappa shape index (κ1) is 25.1. The molecule has 35 heavy (non-hydrogen) atoms. The Morgan fingerprint density at radius 1 is 1.17 bits per heavy atom. The van der Waals surface area contributed by atoms with Gasteiger partial charge in [-0.2, -0.15) is 13.2 Å². The van der Waals surface area contributed by atoms with Crippen LogP contribution in [-0.4, -0.2) is 71.4 Å². The number of amides is 3. The van der Waals surface area contributed by atoms with Crippen LogP contribution in [0.1, 0.15) is 29.3 Å². The predicted octanol–water partition coefficient (Wildman–Crippen LogP) is 4.32. The first-order chi connectivity index (χ1) is 16.5. The third kappa shape index (κ3) is 5.65. The Morgan fingerprint density at radius 3 is 2.57 bits per heavy atom. The van der Waals surface area contributed by atoms with Crippen molar-refractivity contribution in [2.75, 3.05) is 31.1 Å². The summed E-state index contributed by atoms with van der Waals surface area (Å²) in [6, 6.07) is 10.4. The number of likely N-dealkylation sites (tertiary alicyclic amines) is 1. The average Bonchev–Trinajstić information content (AvgIpc) is 3.18. The smallest absolute Gasteiger partial charge is 0.422 e. The molecule has 2 aromatic rings. The Kier molecular flexibility index (Phi) is 7.14. The van der Waals surface area contributed by atoms with E-state index in [9.17, 15) is 27.9 Å². The summed E-state index contributed by atoms with van der Waals surface area (Å²) in [5.41, 5.74) is 1.49. The predicted molar refractivity (Wildman–Crippen MR) is 124 cm³/mol. The molecule has 0 unspecified atom stereocenters. The van der Waals surface area contributed by atoms with E-state index in [2.05, 4.69) is 0 Å². The molecule has 4 rings (SSSR count). The molecule has 2 atom stereocenters. The van der Waals surface area contributed by atoms with Gasteiger partial charge >= 0.3 is 12.2 Å². The number of hydrogen-bond donors (Lipinski definition) is 1. The van der Waals surface area contributed by atoms with E-state index in [0.29, 0.717) is 18.7 Å². The second kappa shape index (κ2) is 9.94. The van der Waals surface area contributed by atoms with E-state index in [0.717, 1.165) is 5.56 Å². The van der Waals surface area contributed by atoms with Crippen molar-refractivity contribution in [3.63, 3.8) is 0 Å². The standard InChI is InChI=1S/C24H25ClF3N3O4/c1-15-11-31(22(33)19-7-6-18(10-20(19)25)35-14-24(26,27)28)21-5-3-2-4-16(21)12-30(15)23(34)29-9-8-17(32)13-29/h2-7,10,15,17,32H,8-9,11-14H2,1H3/t15-,17-/m1/s1. The van der Waals surface area contributed by atoms with Crippen molar-refractivity contribution in [2.45, 2.75) is 38.2 Å². The zero-order valence-electron chi connectivity index (χ0n) is 19.0. The zero-order chi connectivity index (χ0) is 25.3. The zero-order valence-corrected chi connectivity index (χ0v) is 19.7. The van der Waals surface area contributed by atoms with E-state index in [-0.39, 0.29) is 48.0 Å². The second-order valence-corrected chi connectivity index (χ2v) is 9.15. The molecule has 2 aliphatic rings. The number of alkyl halides is 3. The highest BCUT2D eigenvalue weighted by atomic mass is 35.5. The van der Waals surface area contributed by atoms with Gasteiger partial charge in [-0.25, -0.2) is 4.79 Å². The van der Waals surface area contributed by atoms with Crippen LogP contribution in [0.4, 0.5) is 23.7 Å². The van der Waals surface area contributed by atoms with Crippen molar-refractivity contribution in [1.82, 2.24) is 9.80 Å². The van der Waals surface area contributed by atoms with Crippen LogP contribution >= 0.6 is 11.6 Å². The number of carbonyl (C=O) groups excluding carboxylic acids is 2. The highest BCUT2D eigenvalue weighted by molar-refractivity contribution is 6.34. The van der Waals surface area contributed by atoms with Crippen molar-refractivity contribution < 1.29 is 32.6 Å². The van der Waals surface area contributed by atoms with Crippen molar-refractivity contribution in [1.29, 1.82) is 0 Å². The number of halogens is 4. The van der Waals surface area contributed by atoms with Crippen molar-refractivity contribution in [3.8, 4) is 5.75 Å². The molecule has 0 bridgehead atoms. The molecule has 7 nitrogen and oxygen atoms in total. The molecule has 0 aliphatic carbocycles. The quantitative estimate of drug-likeness (QED) is 0.666. The summed E-state index contributed by atoms with van der Waals surface area (Å²) in [4.78, 5) is 31.6. The number of nitrogens with zero attached hydrogens (tertiary/aromatic N) is 3. The van der Waals surface area contributed by atoms with Crippen LogP contribution in [0.3, 0.4) is 0 Å². The number of fused-ring (bicyclic) bond motifs is 1. The molecule has 11 heteroatoms. The first-order valence-electron chi connectivity index (χ1n) is 11.2. The normalized spacial score (nSPS) is 20.5. The number of anilines is 1. The van der Waals surface area contributed by atoms with Gasteiger partial charge in [-0.05, 0) is 43.2 Å². The molecule has 2 heterocycles. The molecular weight excluding hydrogens is 487 g/mol. The Morgan fingerprint density at radius 2 is 1.91 bits per heavy atom. The minimum atomic E-state index is -4.50. The number of benzene rings is 2. The van der Waals surface area contributed by atoms with Crippen LogP contribution in [0.2, 0.25) is 5.02 Å². The van der Waals surface area contributed by atoms with Gasteiger partial charge in [-0.15, -0.1) is 0 Å². The minimum Gasteiger partial charge on any atom is -0.484 e. The second-order valence-electron chi connectivity index (χ2n) is 8.74. The third-order valence-corrected chi connectivity index (χ3v) is 6.41. The summed E-state index contributed by atoms with van der Waals surface area (Å²) in [5.74, 6) is -0.541.